The lowest BCUT2D eigenvalue weighted by Crippen LogP contribution is -2.00. The number of rotatable bonds is 4. The summed E-state index contributed by atoms with van der Waals surface area (Å²) in [5.74, 6) is 0.320. The normalized spacial score (nSPS) is 11.3. The van der Waals surface area contributed by atoms with E-state index in [2.05, 4.69) is 15.3 Å². The van der Waals surface area contributed by atoms with E-state index in [4.69, 9.17) is 35.4 Å². The van der Waals surface area contributed by atoms with Gasteiger partial charge in [0.15, 0.2) is 5.82 Å². The summed E-state index contributed by atoms with van der Waals surface area (Å²) >= 11 is 17.2. The van der Waals surface area contributed by atoms with Gasteiger partial charge >= 0.3 is 0 Å². The molecule has 0 saturated carbocycles. The second kappa shape index (κ2) is 7.25. The first kappa shape index (κ1) is 16.8. The number of aromatic nitrogens is 3. The monoisotopic (exact) mass is 380 g/mol. The van der Waals surface area contributed by atoms with Crippen molar-refractivity contribution in [2.45, 2.75) is 6.42 Å². The van der Waals surface area contributed by atoms with Crippen LogP contribution in [0, 0.1) is 10.6 Å². The first-order valence-corrected chi connectivity index (χ1v) is 8.09. The van der Waals surface area contributed by atoms with Crippen molar-refractivity contribution in [3.8, 4) is 0 Å². The summed E-state index contributed by atoms with van der Waals surface area (Å²) in [6.07, 6.45) is 2.04. The second-order valence-corrected chi connectivity index (χ2v) is 6.20. The Morgan fingerprint density at radius 3 is 2.67 bits per heavy atom. The maximum absolute atomic E-state index is 13.0. The predicted octanol–water partition coefficient (Wildman–Crippen LogP) is 4.86. The molecule has 3 rings (SSSR count). The lowest BCUT2D eigenvalue weighted by atomic mass is 10.1. The molecule has 1 N–H and O–H groups in total. The number of nitrogens with zero attached hydrogens (tertiary/aromatic N) is 3. The van der Waals surface area contributed by atoms with Gasteiger partial charge in [-0.05, 0) is 42.0 Å². The molecule has 0 spiro atoms. The second-order valence-electron chi connectivity index (χ2n) is 4.97. The van der Waals surface area contributed by atoms with E-state index in [0.29, 0.717) is 32.6 Å². The zero-order valence-corrected chi connectivity index (χ0v) is 14.5. The van der Waals surface area contributed by atoms with Crippen LogP contribution in [0.4, 0.5) is 4.39 Å². The third-order valence-corrected chi connectivity index (χ3v) is 4.09. The van der Waals surface area contributed by atoms with E-state index < -0.39 is 0 Å². The van der Waals surface area contributed by atoms with Gasteiger partial charge in [0.25, 0.3) is 0 Å². The number of halogens is 3. The third-order valence-electron chi connectivity index (χ3n) is 3.27. The molecule has 8 heteroatoms. The van der Waals surface area contributed by atoms with Gasteiger partial charge in [0.05, 0.1) is 11.2 Å². The SMILES string of the molecule is Fc1ccc(Cc2n[nH]c(=S)n2/N=C\c2ccc(Cl)cc2Cl)cc1. The van der Waals surface area contributed by atoms with Crippen molar-refractivity contribution in [1.29, 1.82) is 0 Å². The van der Waals surface area contributed by atoms with Crippen LogP contribution in [0.3, 0.4) is 0 Å². The molecule has 1 heterocycles. The number of H-pyrrole nitrogens is 1. The summed E-state index contributed by atoms with van der Waals surface area (Å²) < 4.78 is 14.9. The molecular formula is C16H11Cl2FN4S. The van der Waals surface area contributed by atoms with Crippen LogP contribution in [0.5, 0.6) is 0 Å². The standard InChI is InChI=1S/C16H11Cl2FN4S/c17-12-4-3-11(14(18)8-12)9-20-23-15(21-22-16(23)24)7-10-1-5-13(19)6-2-10/h1-6,8-9H,7H2,(H,22,24)/b20-9-. The van der Waals surface area contributed by atoms with Crippen LogP contribution in [0.1, 0.15) is 17.0 Å². The van der Waals surface area contributed by atoms with Gasteiger partial charge in [-0.3, -0.25) is 5.10 Å². The van der Waals surface area contributed by atoms with E-state index in [0.717, 1.165) is 5.56 Å². The van der Waals surface area contributed by atoms with Crippen LogP contribution in [-0.2, 0) is 6.42 Å². The first-order chi connectivity index (χ1) is 11.5. The van der Waals surface area contributed by atoms with Crippen LogP contribution in [0.2, 0.25) is 10.0 Å². The van der Waals surface area contributed by atoms with E-state index in [9.17, 15) is 4.39 Å². The summed E-state index contributed by atoms with van der Waals surface area (Å²) in [7, 11) is 0. The number of hydrogen-bond acceptors (Lipinski definition) is 3. The van der Waals surface area contributed by atoms with E-state index in [1.165, 1.54) is 16.8 Å². The van der Waals surface area contributed by atoms with Crippen molar-refractivity contribution in [3.63, 3.8) is 0 Å². The molecule has 0 unspecified atom stereocenters. The van der Waals surface area contributed by atoms with E-state index in [1.807, 2.05) is 0 Å². The molecule has 0 fully saturated rings. The first-order valence-electron chi connectivity index (χ1n) is 6.93. The topological polar surface area (TPSA) is 46.0 Å². The Morgan fingerprint density at radius 2 is 1.96 bits per heavy atom. The molecular weight excluding hydrogens is 370 g/mol. The maximum Gasteiger partial charge on any atom is 0.216 e. The van der Waals surface area contributed by atoms with Gasteiger partial charge in [0, 0.05) is 17.0 Å². The van der Waals surface area contributed by atoms with Crippen molar-refractivity contribution in [3.05, 3.63) is 80.0 Å². The van der Waals surface area contributed by atoms with Gasteiger partial charge in [-0.2, -0.15) is 14.9 Å². The molecule has 4 nitrogen and oxygen atoms in total. The highest BCUT2D eigenvalue weighted by Crippen LogP contribution is 2.19. The van der Waals surface area contributed by atoms with Gasteiger partial charge in [0.2, 0.25) is 4.77 Å². The summed E-state index contributed by atoms with van der Waals surface area (Å²) in [4.78, 5) is 0. The summed E-state index contributed by atoms with van der Waals surface area (Å²) in [6, 6.07) is 11.3. The molecule has 0 aliphatic rings. The molecule has 1 aromatic heterocycles. The smallest absolute Gasteiger partial charge is 0.216 e. The highest BCUT2D eigenvalue weighted by atomic mass is 35.5. The maximum atomic E-state index is 13.0. The summed E-state index contributed by atoms with van der Waals surface area (Å²) in [5, 5.41) is 12.2. The van der Waals surface area contributed by atoms with Crippen molar-refractivity contribution in [2.24, 2.45) is 5.10 Å². The highest BCUT2D eigenvalue weighted by Gasteiger charge is 2.07. The van der Waals surface area contributed by atoms with Gasteiger partial charge in [-0.15, -0.1) is 0 Å². The molecule has 0 aliphatic heterocycles. The van der Waals surface area contributed by atoms with E-state index in [1.54, 1.807) is 36.5 Å². The number of aromatic amines is 1. The summed E-state index contributed by atoms with van der Waals surface area (Å²) in [5.41, 5.74) is 1.60. The lowest BCUT2D eigenvalue weighted by Gasteiger charge is -2.02. The van der Waals surface area contributed by atoms with Crippen molar-refractivity contribution >= 4 is 41.6 Å². The molecule has 0 atom stereocenters. The molecule has 2 aromatic carbocycles. The Balaban J connectivity index is 1.88. The number of hydrogen-bond donors (Lipinski definition) is 1. The Bertz CT molecular complexity index is 947. The van der Waals surface area contributed by atoms with E-state index >= 15 is 0 Å². The molecule has 0 saturated heterocycles. The van der Waals surface area contributed by atoms with Crippen LogP contribution in [0.15, 0.2) is 47.6 Å². The van der Waals surface area contributed by atoms with Crippen LogP contribution in [-0.4, -0.2) is 21.1 Å². The lowest BCUT2D eigenvalue weighted by molar-refractivity contribution is 0.627. The minimum absolute atomic E-state index is 0.284. The molecule has 0 radical (unpaired) electrons. The molecule has 0 bridgehead atoms. The minimum atomic E-state index is -0.284. The van der Waals surface area contributed by atoms with Crippen LogP contribution < -0.4 is 0 Å². The number of nitrogens with one attached hydrogen (secondary N) is 1. The van der Waals surface area contributed by atoms with Crippen molar-refractivity contribution in [1.82, 2.24) is 14.9 Å². The molecule has 0 amide bonds. The van der Waals surface area contributed by atoms with Crippen molar-refractivity contribution < 1.29 is 4.39 Å². The van der Waals surface area contributed by atoms with Gasteiger partial charge in [-0.1, -0.05) is 41.4 Å². The average Bonchev–Trinajstić information content (AvgIpc) is 2.89. The molecule has 3 aromatic rings. The fourth-order valence-electron chi connectivity index (χ4n) is 2.07. The molecule has 24 heavy (non-hydrogen) atoms. The van der Waals surface area contributed by atoms with Gasteiger partial charge < -0.3 is 0 Å². The van der Waals surface area contributed by atoms with Crippen LogP contribution >= 0.6 is 35.4 Å². The van der Waals surface area contributed by atoms with Gasteiger partial charge in [-0.25, -0.2) is 4.39 Å². The zero-order chi connectivity index (χ0) is 17.1. The Kier molecular flexibility index (Phi) is 5.08. The largest absolute Gasteiger partial charge is 0.250 e. The van der Waals surface area contributed by atoms with Crippen LogP contribution in [0.25, 0.3) is 0 Å². The van der Waals surface area contributed by atoms with E-state index in [-0.39, 0.29) is 5.82 Å². The fraction of sp³-hybridized carbons (Fsp3) is 0.0625. The highest BCUT2D eigenvalue weighted by molar-refractivity contribution is 7.71. The zero-order valence-electron chi connectivity index (χ0n) is 12.2. The van der Waals surface area contributed by atoms with Crippen molar-refractivity contribution in [2.75, 3.05) is 0 Å². The Labute approximate surface area is 152 Å². The molecule has 122 valence electrons. The fourth-order valence-corrected chi connectivity index (χ4v) is 2.72. The summed E-state index contributed by atoms with van der Waals surface area (Å²) in [6.45, 7) is 0. The Hall–Kier alpha value is -2.02. The quantitative estimate of drug-likeness (QED) is 0.518. The Morgan fingerprint density at radius 1 is 1.21 bits per heavy atom. The predicted molar refractivity (Wildman–Crippen MR) is 96.1 cm³/mol. The third kappa shape index (κ3) is 3.90. The molecule has 0 aliphatic carbocycles. The van der Waals surface area contributed by atoms with Gasteiger partial charge in [0.1, 0.15) is 5.82 Å². The number of benzene rings is 2. The minimum Gasteiger partial charge on any atom is -0.250 e. The average molecular weight is 381 g/mol.